The zero-order chi connectivity index (χ0) is 12.0. The van der Waals surface area contributed by atoms with Crippen LogP contribution >= 0.6 is 31.9 Å². The second-order valence-corrected chi connectivity index (χ2v) is 6.06. The number of halogens is 2. The molecule has 0 aliphatic carbocycles. The molecule has 0 radical (unpaired) electrons. The van der Waals surface area contributed by atoms with E-state index < -0.39 is 0 Å². The van der Waals surface area contributed by atoms with Gasteiger partial charge < -0.3 is 5.32 Å². The molecular weight excluding hydrogens is 332 g/mol. The lowest BCUT2D eigenvalue weighted by Crippen LogP contribution is -2.16. The minimum absolute atomic E-state index is 0.791. The Morgan fingerprint density at radius 3 is 2.75 bits per heavy atom. The summed E-state index contributed by atoms with van der Waals surface area (Å²) >= 11 is 6.90. The highest BCUT2D eigenvalue weighted by molar-refractivity contribution is 9.11. The number of nitrogens with one attached hydrogen (secondary N) is 1. The Kier molecular flexibility index (Phi) is 6.54. The fraction of sp³-hybridized carbons (Fsp3) is 0.583. The number of nitrogens with zero attached hydrogens (tertiary/aromatic N) is 1. The highest BCUT2D eigenvalue weighted by Crippen LogP contribution is 2.19. The minimum Gasteiger partial charge on any atom is -0.311 e. The summed E-state index contributed by atoms with van der Waals surface area (Å²) in [6.45, 7) is 6.40. The quantitative estimate of drug-likeness (QED) is 0.781. The van der Waals surface area contributed by atoms with E-state index in [0.29, 0.717) is 0 Å². The molecule has 0 aliphatic heterocycles. The third-order valence-electron chi connectivity index (χ3n) is 2.31. The van der Waals surface area contributed by atoms with Crippen LogP contribution in [0.1, 0.15) is 32.4 Å². The first kappa shape index (κ1) is 14.1. The van der Waals surface area contributed by atoms with Crippen LogP contribution in [0.2, 0.25) is 0 Å². The topological polar surface area (TPSA) is 24.9 Å². The summed E-state index contributed by atoms with van der Waals surface area (Å²) in [5.41, 5.74) is 1.06. The molecule has 0 bridgehead atoms. The summed E-state index contributed by atoms with van der Waals surface area (Å²) in [7, 11) is 0. The molecule has 0 spiro atoms. The Balaban J connectivity index is 2.27. The molecule has 0 amide bonds. The summed E-state index contributed by atoms with van der Waals surface area (Å²) in [5, 5.41) is 3.41. The van der Waals surface area contributed by atoms with Gasteiger partial charge in [0.05, 0.1) is 5.69 Å². The van der Waals surface area contributed by atoms with E-state index in [1.54, 1.807) is 0 Å². The van der Waals surface area contributed by atoms with Gasteiger partial charge in [-0.1, -0.05) is 13.8 Å². The van der Waals surface area contributed by atoms with Gasteiger partial charge >= 0.3 is 0 Å². The third kappa shape index (κ3) is 5.41. The van der Waals surface area contributed by atoms with Crippen molar-refractivity contribution in [3.8, 4) is 0 Å². The maximum absolute atomic E-state index is 4.35. The Labute approximate surface area is 114 Å². The van der Waals surface area contributed by atoms with Crippen LogP contribution in [0.4, 0.5) is 0 Å². The fourth-order valence-corrected chi connectivity index (χ4v) is 2.54. The Morgan fingerprint density at radius 2 is 2.12 bits per heavy atom. The summed E-state index contributed by atoms with van der Waals surface area (Å²) in [6, 6.07) is 2.03. The third-order valence-corrected chi connectivity index (χ3v) is 3.43. The lowest BCUT2D eigenvalue weighted by atomic mass is 10.1. The van der Waals surface area contributed by atoms with Gasteiger partial charge in [-0.25, -0.2) is 0 Å². The predicted molar refractivity (Wildman–Crippen MR) is 75.4 cm³/mol. The molecule has 90 valence electrons. The SMILES string of the molecule is CC(C)CCCNCc1ncc(Br)cc1Br. The summed E-state index contributed by atoms with van der Waals surface area (Å²) in [5.74, 6) is 0.791. The summed E-state index contributed by atoms with van der Waals surface area (Å²) < 4.78 is 2.06. The number of aromatic nitrogens is 1. The van der Waals surface area contributed by atoms with Gasteiger partial charge in [0, 0.05) is 21.7 Å². The van der Waals surface area contributed by atoms with Crippen molar-refractivity contribution in [1.82, 2.24) is 10.3 Å². The molecule has 0 saturated heterocycles. The predicted octanol–water partition coefficient (Wildman–Crippen LogP) is 4.13. The van der Waals surface area contributed by atoms with Gasteiger partial charge in [0.25, 0.3) is 0 Å². The molecule has 1 heterocycles. The zero-order valence-electron chi connectivity index (χ0n) is 9.76. The zero-order valence-corrected chi connectivity index (χ0v) is 12.9. The van der Waals surface area contributed by atoms with Gasteiger partial charge in [-0.3, -0.25) is 4.98 Å². The number of hydrogen-bond donors (Lipinski definition) is 1. The lowest BCUT2D eigenvalue weighted by molar-refractivity contribution is 0.525. The molecule has 2 nitrogen and oxygen atoms in total. The van der Waals surface area contributed by atoms with Crippen LogP contribution in [-0.4, -0.2) is 11.5 Å². The maximum Gasteiger partial charge on any atom is 0.0684 e. The van der Waals surface area contributed by atoms with Gasteiger partial charge in [-0.05, 0) is 63.2 Å². The number of hydrogen-bond acceptors (Lipinski definition) is 2. The molecule has 0 atom stereocenters. The van der Waals surface area contributed by atoms with Crippen molar-refractivity contribution >= 4 is 31.9 Å². The number of rotatable bonds is 6. The standard InChI is InChI=1S/C12H18Br2N2/c1-9(2)4-3-5-15-8-12-11(14)6-10(13)7-16-12/h6-7,9,15H,3-5,8H2,1-2H3. The van der Waals surface area contributed by atoms with Gasteiger partial charge in [-0.15, -0.1) is 0 Å². The van der Waals surface area contributed by atoms with E-state index in [1.807, 2.05) is 12.3 Å². The molecule has 1 N–H and O–H groups in total. The molecule has 0 fully saturated rings. The highest BCUT2D eigenvalue weighted by atomic mass is 79.9. The largest absolute Gasteiger partial charge is 0.311 e. The smallest absolute Gasteiger partial charge is 0.0684 e. The van der Waals surface area contributed by atoms with Crippen molar-refractivity contribution in [3.05, 3.63) is 26.9 Å². The van der Waals surface area contributed by atoms with E-state index in [9.17, 15) is 0 Å². The van der Waals surface area contributed by atoms with Crippen molar-refractivity contribution in [2.24, 2.45) is 5.92 Å². The highest BCUT2D eigenvalue weighted by Gasteiger charge is 2.01. The first-order chi connectivity index (χ1) is 7.59. The van der Waals surface area contributed by atoms with Crippen LogP contribution in [0, 0.1) is 5.92 Å². The van der Waals surface area contributed by atoms with E-state index in [1.165, 1.54) is 12.8 Å². The fourth-order valence-electron chi connectivity index (χ4n) is 1.42. The first-order valence-electron chi connectivity index (χ1n) is 5.60. The van der Waals surface area contributed by atoms with Gasteiger partial charge in [-0.2, -0.15) is 0 Å². The van der Waals surface area contributed by atoms with Crippen molar-refractivity contribution in [3.63, 3.8) is 0 Å². The summed E-state index contributed by atoms with van der Waals surface area (Å²) in [6.07, 6.45) is 4.34. The maximum atomic E-state index is 4.35. The Hall–Kier alpha value is 0.0700. The second-order valence-electron chi connectivity index (χ2n) is 4.29. The van der Waals surface area contributed by atoms with Gasteiger partial charge in [0.1, 0.15) is 0 Å². The van der Waals surface area contributed by atoms with Crippen molar-refractivity contribution in [2.75, 3.05) is 6.54 Å². The van der Waals surface area contributed by atoms with Crippen molar-refractivity contribution in [2.45, 2.75) is 33.2 Å². The molecule has 1 aromatic heterocycles. The van der Waals surface area contributed by atoms with Crippen molar-refractivity contribution in [1.29, 1.82) is 0 Å². The summed E-state index contributed by atoms with van der Waals surface area (Å²) in [4.78, 5) is 4.35. The molecule has 1 rings (SSSR count). The van der Waals surface area contributed by atoms with E-state index in [0.717, 1.165) is 33.6 Å². The van der Waals surface area contributed by atoms with Gasteiger partial charge in [0.15, 0.2) is 0 Å². The van der Waals surface area contributed by atoms with Gasteiger partial charge in [0.2, 0.25) is 0 Å². The Morgan fingerprint density at radius 1 is 1.38 bits per heavy atom. The van der Waals surface area contributed by atoms with E-state index in [-0.39, 0.29) is 0 Å². The Bertz CT molecular complexity index is 327. The molecule has 0 aliphatic rings. The van der Waals surface area contributed by atoms with Crippen LogP contribution in [0.25, 0.3) is 0 Å². The van der Waals surface area contributed by atoms with Crippen LogP contribution in [0.5, 0.6) is 0 Å². The molecule has 0 aromatic carbocycles. The normalized spacial score (nSPS) is 11.1. The molecule has 4 heteroatoms. The number of pyridine rings is 1. The first-order valence-corrected chi connectivity index (χ1v) is 7.19. The molecular formula is C12H18Br2N2. The molecule has 16 heavy (non-hydrogen) atoms. The van der Waals surface area contributed by atoms with E-state index in [4.69, 9.17) is 0 Å². The average Bonchev–Trinajstić information content (AvgIpc) is 2.20. The lowest BCUT2D eigenvalue weighted by Gasteiger charge is -2.07. The van der Waals surface area contributed by atoms with Crippen LogP contribution in [0.15, 0.2) is 21.2 Å². The van der Waals surface area contributed by atoms with Crippen molar-refractivity contribution < 1.29 is 0 Å². The second kappa shape index (κ2) is 7.41. The monoisotopic (exact) mass is 348 g/mol. The molecule has 1 aromatic rings. The average molecular weight is 350 g/mol. The molecule has 0 unspecified atom stereocenters. The van der Waals surface area contributed by atoms with Crippen LogP contribution in [-0.2, 0) is 6.54 Å². The molecule has 0 saturated carbocycles. The van der Waals surface area contributed by atoms with Crippen LogP contribution in [0.3, 0.4) is 0 Å². The minimum atomic E-state index is 0.791. The van der Waals surface area contributed by atoms with E-state index >= 15 is 0 Å². The van der Waals surface area contributed by atoms with Crippen LogP contribution < -0.4 is 5.32 Å². The van der Waals surface area contributed by atoms with E-state index in [2.05, 4.69) is 56.0 Å².